The summed E-state index contributed by atoms with van der Waals surface area (Å²) in [4.78, 5) is 35.1. The summed E-state index contributed by atoms with van der Waals surface area (Å²) < 4.78 is 10.6. The maximum atomic E-state index is 12.7. The molecule has 1 aliphatic heterocycles. The molecule has 0 fully saturated rings. The van der Waals surface area contributed by atoms with Crippen LogP contribution in [0.2, 0.25) is 0 Å². The fraction of sp³-hybridized carbons (Fsp3) is 0.444. The molecule has 0 unspecified atom stereocenters. The number of carbonyl (C=O) groups excluding carboxylic acids is 2. The minimum Gasteiger partial charge on any atom is -0.865 e. The van der Waals surface area contributed by atoms with E-state index in [4.69, 9.17) is 9.47 Å². The minimum atomic E-state index is -1.04. The summed E-state index contributed by atoms with van der Waals surface area (Å²) in [5.41, 5.74) is -0.190. The molecule has 0 aromatic heterocycles. The molecule has 10 nitrogen and oxygen atoms in total. The van der Waals surface area contributed by atoms with Crippen molar-refractivity contribution in [1.29, 1.82) is 0 Å². The number of carbonyl (C=O) groups is 2. The number of nitro groups is 1. The number of urea groups is 1. The van der Waals surface area contributed by atoms with Gasteiger partial charge in [-0.15, -0.1) is 0 Å². The molecular weight excluding hydrogens is 370 g/mol. The number of nitro benzene ring substituents is 1. The second-order valence-electron chi connectivity index (χ2n) is 6.25. The van der Waals surface area contributed by atoms with Crippen molar-refractivity contribution < 1.29 is 29.1 Å². The Labute approximate surface area is 161 Å². The number of ether oxygens (including phenoxy) is 2. The highest BCUT2D eigenvalue weighted by Crippen LogP contribution is 2.39. The Hall–Kier alpha value is -3.30. The third-order valence-electron chi connectivity index (χ3n) is 4.26. The molecule has 1 aliphatic rings. The van der Waals surface area contributed by atoms with Gasteiger partial charge in [-0.2, -0.15) is 0 Å². The fourth-order valence-electron chi connectivity index (χ4n) is 2.72. The van der Waals surface area contributed by atoms with Crippen LogP contribution in [0.3, 0.4) is 0 Å². The van der Waals surface area contributed by atoms with Crippen LogP contribution in [-0.4, -0.2) is 29.6 Å². The Bertz CT molecular complexity index is 835. The summed E-state index contributed by atoms with van der Waals surface area (Å²) >= 11 is 0. The molecule has 0 spiro atoms. The average Bonchev–Trinajstić information content (AvgIpc) is 2.62. The van der Waals surface area contributed by atoms with Crippen molar-refractivity contribution in [2.45, 2.75) is 46.3 Å². The van der Waals surface area contributed by atoms with Crippen molar-refractivity contribution in [2.24, 2.45) is 0 Å². The Morgan fingerprint density at radius 3 is 2.61 bits per heavy atom. The predicted octanol–water partition coefficient (Wildman–Crippen LogP) is 2.04. The quantitative estimate of drug-likeness (QED) is 0.410. The van der Waals surface area contributed by atoms with E-state index in [1.807, 2.05) is 6.92 Å². The lowest BCUT2D eigenvalue weighted by Crippen LogP contribution is -2.45. The third-order valence-corrected chi connectivity index (χ3v) is 4.26. The maximum Gasteiger partial charge on any atom is 0.338 e. The van der Waals surface area contributed by atoms with E-state index in [1.54, 1.807) is 13.8 Å². The van der Waals surface area contributed by atoms with Crippen molar-refractivity contribution >= 4 is 17.7 Å². The normalized spacial score (nSPS) is 17.4. The smallest absolute Gasteiger partial charge is 0.338 e. The molecule has 0 radical (unpaired) electrons. The first-order valence-corrected chi connectivity index (χ1v) is 8.80. The molecule has 2 atom stereocenters. The van der Waals surface area contributed by atoms with Gasteiger partial charge in [0.25, 0.3) is 5.69 Å². The van der Waals surface area contributed by atoms with Crippen LogP contribution in [0.15, 0.2) is 23.4 Å². The molecule has 2 rings (SSSR count). The van der Waals surface area contributed by atoms with Gasteiger partial charge >= 0.3 is 12.0 Å². The number of nitrogens with one attached hydrogen (secondary N) is 2. The van der Waals surface area contributed by atoms with Crippen LogP contribution >= 0.6 is 0 Å². The number of nitrogens with zero attached hydrogens (tertiary/aromatic N) is 1. The monoisotopic (exact) mass is 392 g/mol. The Morgan fingerprint density at radius 1 is 1.36 bits per heavy atom. The van der Waals surface area contributed by atoms with Crippen LogP contribution in [0.25, 0.3) is 0 Å². The minimum absolute atomic E-state index is 0.0929. The first kappa shape index (κ1) is 21.0. The molecule has 2 amide bonds. The Morgan fingerprint density at radius 2 is 2.04 bits per heavy atom. The average molecular weight is 392 g/mol. The molecule has 1 aromatic carbocycles. The SMILES string of the molecule is CCOc1cc([C@H]2NC(=O)NC(C)=C2C(=O)O[C@H](C)CC)cc([N+](=O)[O-])c1[O-]. The number of hydrogen-bond acceptors (Lipinski definition) is 7. The van der Waals surface area contributed by atoms with Gasteiger partial charge in [0.15, 0.2) is 0 Å². The van der Waals surface area contributed by atoms with Crippen molar-refractivity contribution in [1.82, 2.24) is 10.6 Å². The number of allylic oxidation sites excluding steroid dienone is 1. The van der Waals surface area contributed by atoms with Gasteiger partial charge < -0.3 is 25.2 Å². The van der Waals surface area contributed by atoms with E-state index in [2.05, 4.69) is 10.6 Å². The summed E-state index contributed by atoms with van der Waals surface area (Å²) in [6, 6.07) is 0.697. The van der Waals surface area contributed by atoms with Crippen LogP contribution in [0, 0.1) is 10.1 Å². The van der Waals surface area contributed by atoms with E-state index in [-0.39, 0.29) is 35.3 Å². The molecule has 28 heavy (non-hydrogen) atoms. The second kappa shape index (κ2) is 8.59. The van der Waals surface area contributed by atoms with Crippen molar-refractivity contribution in [3.8, 4) is 11.5 Å². The van der Waals surface area contributed by atoms with E-state index < -0.39 is 34.4 Å². The lowest BCUT2D eigenvalue weighted by atomic mass is 9.94. The summed E-state index contributed by atoms with van der Waals surface area (Å²) in [7, 11) is 0. The van der Waals surface area contributed by atoms with Gasteiger partial charge in [0.05, 0.1) is 29.2 Å². The molecule has 0 saturated carbocycles. The third kappa shape index (κ3) is 4.33. The fourth-order valence-corrected chi connectivity index (χ4v) is 2.72. The highest BCUT2D eigenvalue weighted by molar-refractivity contribution is 5.95. The Kier molecular flexibility index (Phi) is 6.45. The topological polar surface area (TPSA) is 143 Å². The van der Waals surface area contributed by atoms with E-state index in [0.717, 1.165) is 6.07 Å². The number of esters is 1. The molecule has 1 heterocycles. The largest absolute Gasteiger partial charge is 0.865 e. The molecule has 2 N–H and O–H groups in total. The first-order valence-electron chi connectivity index (χ1n) is 8.80. The molecule has 0 saturated heterocycles. The van der Waals surface area contributed by atoms with Gasteiger partial charge in [-0.3, -0.25) is 10.1 Å². The zero-order valence-corrected chi connectivity index (χ0v) is 16.0. The van der Waals surface area contributed by atoms with Crippen LogP contribution < -0.4 is 20.5 Å². The predicted molar refractivity (Wildman–Crippen MR) is 96.7 cm³/mol. The zero-order chi connectivity index (χ0) is 21.0. The lowest BCUT2D eigenvalue weighted by Gasteiger charge is -2.29. The first-order chi connectivity index (χ1) is 13.2. The lowest BCUT2D eigenvalue weighted by molar-refractivity contribution is -0.398. The maximum absolute atomic E-state index is 12.7. The summed E-state index contributed by atoms with van der Waals surface area (Å²) in [6.07, 6.45) is 0.233. The van der Waals surface area contributed by atoms with Gasteiger partial charge in [0, 0.05) is 17.5 Å². The number of rotatable bonds is 7. The van der Waals surface area contributed by atoms with Gasteiger partial charge in [0.1, 0.15) is 5.75 Å². The standard InChI is InChI=1S/C18H23N3O7/c1-5-9(3)28-17(23)14-10(4)19-18(24)20-15(14)11-7-12(21(25)26)16(22)13(8-11)27-6-2/h7-9,15,22H,5-6H2,1-4H3,(H2,19,20,24)/p-1/t9-,15-/m1/s1. The van der Waals surface area contributed by atoms with Crippen molar-refractivity contribution in [2.75, 3.05) is 6.61 Å². The van der Waals surface area contributed by atoms with E-state index in [0.29, 0.717) is 6.42 Å². The van der Waals surface area contributed by atoms with E-state index in [9.17, 15) is 24.8 Å². The number of amides is 2. The molecule has 0 bridgehead atoms. The van der Waals surface area contributed by atoms with Gasteiger partial charge in [-0.1, -0.05) is 6.92 Å². The molecule has 1 aromatic rings. The van der Waals surface area contributed by atoms with Crippen LogP contribution in [0.5, 0.6) is 11.5 Å². The summed E-state index contributed by atoms with van der Waals surface area (Å²) in [6.45, 7) is 6.85. The number of benzene rings is 1. The second-order valence-corrected chi connectivity index (χ2v) is 6.25. The van der Waals surface area contributed by atoms with Gasteiger partial charge in [0.2, 0.25) is 0 Å². The van der Waals surface area contributed by atoms with Crippen molar-refractivity contribution in [3.63, 3.8) is 0 Å². The van der Waals surface area contributed by atoms with E-state index >= 15 is 0 Å². The summed E-state index contributed by atoms with van der Waals surface area (Å²) in [5, 5.41) is 28.5. The molecule has 10 heteroatoms. The molecular formula is C18H22N3O7-. The molecule has 0 aliphatic carbocycles. The molecule has 152 valence electrons. The van der Waals surface area contributed by atoms with Gasteiger partial charge in [-0.05, 0) is 38.8 Å². The Balaban J connectivity index is 2.58. The van der Waals surface area contributed by atoms with Crippen LogP contribution in [0.4, 0.5) is 10.5 Å². The summed E-state index contributed by atoms with van der Waals surface area (Å²) in [5.74, 6) is -1.77. The van der Waals surface area contributed by atoms with Crippen molar-refractivity contribution in [3.05, 3.63) is 39.1 Å². The number of hydrogen-bond donors (Lipinski definition) is 2. The van der Waals surface area contributed by atoms with Crippen LogP contribution in [-0.2, 0) is 9.53 Å². The highest BCUT2D eigenvalue weighted by atomic mass is 16.6. The van der Waals surface area contributed by atoms with Gasteiger partial charge in [-0.25, -0.2) is 9.59 Å². The zero-order valence-electron chi connectivity index (χ0n) is 16.0. The highest BCUT2D eigenvalue weighted by Gasteiger charge is 2.34. The van der Waals surface area contributed by atoms with E-state index in [1.165, 1.54) is 13.0 Å². The van der Waals surface area contributed by atoms with Crippen LogP contribution in [0.1, 0.15) is 45.7 Å².